The minimum absolute atomic E-state index is 0.174. The number of rotatable bonds is 4. The van der Waals surface area contributed by atoms with Gasteiger partial charge >= 0.3 is 0 Å². The topological polar surface area (TPSA) is 9.23 Å². The van der Waals surface area contributed by atoms with E-state index < -0.39 is 0 Å². The van der Waals surface area contributed by atoms with Gasteiger partial charge in [0.15, 0.2) is 0 Å². The molecule has 0 saturated carbocycles. The maximum absolute atomic E-state index is 13.2. The third kappa shape index (κ3) is 3.50. The molecule has 0 atom stereocenters. The summed E-state index contributed by atoms with van der Waals surface area (Å²) in [5.41, 5.74) is 2.15. The molecule has 0 aliphatic carbocycles. The van der Waals surface area contributed by atoms with Crippen LogP contribution in [0.5, 0.6) is 5.75 Å². The molecule has 0 heterocycles. The Balaban J connectivity index is 2.01. The number of thioether (sulfide) groups is 1. The van der Waals surface area contributed by atoms with E-state index in [2.05, 4.69) is 0 Å². The first kappa shape index (κ1) is 13.0. The van der Waals surface area contributed by atoms with E-state index in [-0.39, 0.29) is 5.82 Å². The van der Waals surface area contributed by atoms with Crippen molar-refractivity contribution in [3.05, 3.63) is 59.4 Å². The summed E-state index contributed by atoms with van der Waals surface area (Å²) in [5, 5.41) is 0. The van der Waals surface area contributed by atoms with Crippen LogP contribution in [0.3, 0.4) is 0 Å². The number of benzene rings is 2. The van der Waals surface area contributed by atoms with Gasteiger partial charge in [-0.05, 0) is 48.4 Å². The van der Waals surface area contributed by atoms with E-state index in [0.29, 0.717) is 0 Å². The maximum Gasteiger partial charge on any atom is 0.124 e. The second-order valence-corrected chi connectivity index (χ2v) is 5.15. The molecule has 0 bridgehead atoms. The molecule has 0 saturated heterocycles. The molecule has 3 heteroatoms. The van der Waals surface area contributed by atoms with Gasteiger partial charge in [-0.2, -0.15) is 0 Å². The summed E-state index contributed by atoms with van der Waals surface area (Å²) in [5.74, 6) is 1.50. The summed E-state index contributed by atoms with van der Waals surface area (Å²) in [6.45, 7) is 1.90. The zero-order valence-corrected chi connectivity index (χ0v) is 11.3. The number of hydrogen-bond acceptors (Lipinski definition) is 2. The summed E-state index contributed by atoms with van der Waals surface area (Å²) < 4.78 is 18.3. The highest BCUT2D eigenvalue weighted by atomic mass is 32.2. The highest BCUT2D eigenvalue weighted by Crippen LogP contribution is 2.25. The van der Waals surface area contributed by atoms with Crippen LogP contribution in [-0.2, 0) is 5.75 Å². The van der Waals surface area contributed by atoms with E-state index in [1.54, 1.807) is 24.9 Å². The van der Waals surface area contributed by atoms with E-state index in [0.717, 1.165) is 22.0 Å². The van der Waals surface area contributed by atoms with E-state index >= 15 is 0 Å². The normalized spacial score (nSPS) is 10.4. The average molecular weight is 262 g/mol. The van der Waals surface area contributed by atoms with Crippen molar-refractivity contribution in [2.75, 3.05) is 7.11 Å². The summed E-state index contributed by atoms with van der Waals surface area (Å²) in [7, 11) is 1.65. The molecule has 0 spiro atoms. The van der Waals surface area contributed by atoms with Crippen LogP contribution in [0.2, 0.25) is 0 Å². The highest BCUT2D eigenvalue weighted by molar-refractivity contribution is 7.98. The quantitative estimate of drug-likeness (QED) is 0.754. The van der Waals surface area contributed by atoms with Crippen molar-refractivity contribution in [2.45, 2.75) is 17.6 Å². The molecule has 0 aromatic heterocycles. The van der Waals surface area contributed by atoms with Crippen molar-refractivity contribution in [3.8, 4) is 5.75 Å². The first-order valence-electron chi connectivity index (χ1n) is 5.70. The standard InChI is InChI=1S/C15H15FOS/c1-11-7-13(16)9-15(8-11)18-10-12-3-5-14(17-2)6-4-12/h3-9H,10H2,1-2H3. The molecule has 94 valence electrons. The maximum atomic E-state index is 13.2. The van der Waals surface area contributed by atoms with E-state index in [1.165, 1.54) is 11.6 Å². The van der Waals surface area contributed by atoms with Gasteiger partial charge in [0.1, 0.15) is 11.6 Å². The second kappa shape index (κ2) is 5.91. The minimum atomic E-state index is -0.174. The molecule has 2 aromatic carbocycles. The van der Waals surface area contributed by atoms with Gasteiger partial charge in [-0.1, -0.05) is 12.1 Å². The lowest BCUT2D eigenvalue weighted by molar-refractivity contribution is 0.414. The van der Waals surface area contributed by atoms with Crippen molar-refractivity contribution in [1.29, 1.82) is 0 Å². The number of methoxy groups -OCH3 is 1. The molecule has 0 unspecified atom stereocenters. The molecule has 0 aliphatic heterocycles. The number of hydrogen-bond donors (Lipinski definition) is 0. The molecular formula is C15H15FOS. The monoisotopic (exact) mass is 262 g/mol. The first-order chi connectivity index (χ1) is 8.67. The van der Waals surface area contributed by atoms with Crippen LogP contribution in [0, 0.1) is 12.7 Å². The van der Waals surface area contributed by atoms with E-state index in [4.69, 9.17) is 4.74 Å². The van der Waals surface area contributed by atoms with Crippen molar-refractivity contribution in [2.24, 2.45) is 0 Å². The van der Waals surface area contributed by atoms with Crippen LogP contribution in [0.25, 0.3) is 0 Å². The molecule has 18 heavy (non-hydrogen) atoms. The molecular weight excluding hydrogens is 247 g/mol. The third-order valence-electron chi connectivity index (χ3n) is 2.58. The minimum Gasteiger partial charge on any atom is -0.497 e. The molecule has 0 radical (unpaired) electrons. The van der Waals surface area contributed by atoms with Crippen LogP contribution in [0.1, 0.15) is 11.1 Å². The Hall–Kier alpha value is -1.48. The Morgan fingerprint density at radius 3 is 2.44 bits per heavy atom. The number of ether oxygens (including phenoxy) is 1. The molecule has 1 nitrogen and oxygen atoms in total. The lowest BCUT2D eigenvalue weighted by atomic mass is 10.2. The number of halogens is 1. The Bertz CT molecular complexity index is 502. The Morgan fingerprint density at radius 1 is 1.11 bits per heavy atom. The molecule has 2 rings (SSSR count). The first-order valence-corrected chi connectivity index (χ1v) is 6.69. The van der Waals surface area contributed by atoms with Gasteiger partial charge in [0.2, 0.25) is 0 Å². The highest BCUT2D eigenvalue weighted by Gasteiger charge is 2.00. The predicted molar refractivity (Wildman–Crippen MR) is 73.7 cm³/mol. The lowest BCUT2D eigenvalue weighted by Gasteiger charge is -2.05. The predicted octanol–water partition coefficient (Wildman–Crippen LogP) is 4.44. The zero-order chi connectivity index (χ0) is 13.0. The van der Waals surface area contributed by atoms with Crippen molar-refractivity contribution < 1.29 is 9.13 Å². The van der Waals surface area contributed by atoms with Crippen LogP contribution in [0.15, 0.2) is 47.4 Å². The fourth-order valence-electron chi connectivity index (χ4n) is 1.67. The summed E-state index contributed by atoms with van der Waals surface area (Å²) in [4.78, 5) is 0.961. The van der Waals surface area contributed by atoms with Gasteiger partial charge in [-0.25, -0.2) is 4.39 Å². The van der Waals surface area contributed by atoms with Crippen LogP contribution in [0.4, 0.5) is 4.39 Å². The van der Waals surface area contributed by atoms with Gasteiger partial charge in [-0.3, -0.25) is 0 Å². The van der Waals surface area contributed by atoms with Crippen LogP contribution >= 0.6 is 11.8 Å². The van der Waals surface area contributed by atoms with Crippen molar-refractivity contribution in [3.63, 3.8) is 0 Å². The zero-order valence-electron chi connectivity index (χ0n) is 10.4. The second-order valence-electron chi connectivity index (χ2n) is 4.10. The smallest absolute Gasteiger partial charge is 0.124 e. The molecule has 0 amide bonds. The SMILES string of the molecule is COc1ccc(CSc2cc(C)cc(F)c2)cc1. The average Bonchev–Trinajstić information content (AvgIpc) is 2.36. The summed E-state index contributed by atoms with van der Waals surface area (Å²) in [6, 6.07) is 13.0. The van der Waals surface area contributed by atoms with Gasteiger partial charge in [0.25, 0.3) is 0 Å². The molecule has 0 N–H and O–H groups in total. The van der Waals surface area contributed by atoms with E-state index in [1.807, 2.05) is 37.3 Å². The summed E-state index contributed by atoms with van der Waals surface area (Å²) >= 11 is 1.63. The van der Waals surface area contributed by atoms with E-state index in [9.17, 15) is 4.39 Å². The van der Waals surface area contributed by atoms with Crippen LogP contribution in [-0.4, -0.2) is 7.11 Å². The number of aryl methyl sites for hydroxylation is 1. The van der Waals surface area contributed by atoms with Gasteiger partial charge in [0.05, 0.1) is 7.11 Å². The molecule has 0 fully saturated rings. The fraction of sp³-hybridized carbons (Fsp3) is 0.200. The summed E-state index contributed by atoms with van der Waals surface area (Å²) in [6.07, 6.45) is 0. The Kier molecular flexibility index (Phi) is 4.26. The lowest BCUT2D eigenvalue weighted by Crippen LogP contribution is -1.85. The Morgan fingerprint density at radius 2 is 1.83 bits per heavy atom. The largest absolute Gasteiger partial charge is 0.497 e. The molecule has 2 aromatic rings. The van der Waals surface area contributed by atoms with Gasteiger partial charge < -0.3 is 4.74 Å². The fourth-order valence-corrected chi connectivity index (χ4v) is 2.67. The van der Waals surface area contributed by atoms with Crippen molar-refractivity contribution >= 4 is 11.8 Å². The van der Waals surface area contributed by atoms with Gasteiger partial charge in [0, 0.05) is 10.6 Å². The van der Waals surface area contributed by atoms with Crippen molar-refractivity contribution in [1.82, 2.24) is 0 Å². The van der Waals surface area contributed by atoms with Gasteiger partial charge in [-0.15, -0.1) is 11.8 Å². The Labute approximate surface area is 111 Å². The third-order valence-corrected chi connectivity index (χ3v) is 3.63. The van der Waals surface area contributed by atoms with Crippen LogP contribution < -0.4 is 4.74 Å². The molecule has 0 aliphatic rings.